The molecule has 0 radical (unpaired) electrons. The average molecular weight is 235 g/mol. The van der Waals surface area contributed by atoms with E-state index in [1.54, 1.807) is 0 Å². The van der Waals surface area contributed by atoms with Crippen molar-refractivity contribution in [3.05, 3.63) is 48.3 Å². The van der Waals surface area contributed by atoms with E-state index >= 15 is 0 Å². The molecule has 0 heterocycles. The normalized spacial score (nSPS) is 12.7. The van der Waals surface area contributed by atoms with E-state index in [-0.39, 0.29) is 11.9 Å². The van der Waals surface area contributed by atoms with E-state index in [4.69, 9.17) is 0 Å². The molecule has 0 aliphatic heterocycles. The van der Waals surface area contributed by atoms with Gasteiger partial charge in [0, 0.05) is 0 Å². The molecule has 17 heavy (non-hydrogen) atoms. The molecule has 0 aromatic heterocycles. The van der Waals surface area contributed by atoms with Gasteiger partial charge in [0.1, 0.15) is 5.82 Å². The molecule has 0 fully saturated rings. The van der Waals surface area contributed by atoms with Crippen molar-refractivity contribution in [2.45, 2.75) is 32.7 Å². The molecule has 2 heteroatoms. The summed E-state index contributed by atoms with van der Waals surface area (Å²) in [6.45, 7) is 10.3. The Morgan fingerprint density at radius 2 is 1.94 bits per heavy atom. The average Bonchev–Trinajstić information content (AvgIpc) is 2.36. The van der Waals surface area contributed by atoms with Gasteiger partial charge in [0.15, 0.2) is 0 Å². The molecule has 1 rings (SSSR count). The summed E-state index contributed by atoms with van der Waals surface area (Å²) in [5.74, 6) is -0.187. The third-order valence-electron chi connectivity index (χ3n) is 3.03. The summed E-state index contributed by atoms with van der Waals surface area (Å²) in [6.07, 6.45) is 4.30. The van der Waals surface area contributed by atoms with Gasteiger partial charge in [-0.25, -0.2) is 4.39 Å². The van der Waals surface area contributed by atoms with Gasteiger partial charge in [-0.2, -0.15) is 0 Å². The topological polar surface area (TPSA) is 3.24 Å². The summed E-state index contributed by atoms with van der Waals surface area (Å²) in [4.78, 5) is 2.36. The minimum atomic E-state index is -0.187. The van der Waals surface area contributed by atoms with Crippen molar-refractivity contribution >= 4 is 0 Å². The molecule has 0 saturated heterocycles. The molecule has 0 bridgehead atoms. The van der Waals surface area contributed by atoms with Crippen LogP contribution < -0.4 is 0 Å². The van der Waals surface area contributed by atoms with Crippen molar-refractivity contribution in [1.82, 2.24) is 4.90 Å². The van der Waals surface area contributed by atoms with Crippen LogP contribution in [0.3, 0.4) is 0 Å². The second-order valence-electron chi connectivity index (χ2n) is 4.21. The van der Waals surface area contributed by atoms with Gasteiger partial charge in [0.05, 0.1) is 6.04 Å². The highest BCUT2D eigenvalue weighted by Gasteiger charge is 2.15. The Balaban J connectivity index is 2.80. The third kappa shape index (κ3) is 3.97. The minimum Gasteiger partial charge on any atom is -0.293 e. The minimum absolute atomic E-state index is 0.187. The van der Waals surface area contributed by atoms with Gasteiger partial charge in [-0.15, -0.1) is 6.58 Å². The van der Waals surface area contributed by atoms with Crippen LogP contribution in [0.1, 0.15) is 38.3 Å². The SMILES string of the molecule is C=CC(c1ccc(F)cc1)N(CC)CCCC. The fourth-order valence-electron chi connectivity index (χ4n) is 2.01. The van der Waals surface area contributed by atoms with Crippen LogP contribution in [-0.4, -0.2) is 18.0 Å². The molecule has 1 aromatic carbocycles. The lowest BCUT2D eigenvalue weighted by Gasteiger charge is -2.28. The zero-order valence-electron chi connectivity index (χ0n) is 10.8. The molecule has 0 aliphatic rings. The lowest BCUT2D eigenvalue weighted by Crippen LogP contribution is -2.28. The van der Waals surface area contributed by atoms with Crippen molar-refractivity contribution in [3.8, 4) is 0 Å². The maximum Gasteiger partial charge on any atom is 0.123 e. The quantitative estimate of drug-likeness (QED) is 0.641. The molecule has 1 unspecified atom stereocenters. The highest BCUT2D eigenvalue weighted by molar-refractivity contribution is 5.23. The Labute approximate surface area is 104 Å². The molecule has 0 aliphatic carbocycles. The molecule has 1 nitrogen and oxygen atoms in total. The monoisotopic (exact) mass is 235 g/mol. The first-order chi connectivity index (χ1) is 8.22. The van der Waals surface area contributed by atoms with E-state index in [0.717, 1.165) is 18.7 Å². The fraction of sp³-hybridized carbons (Fsp3) is 0.467. The van der Waals surface area contributed by atoms with Crippen molar-refractivity contribution in [3.63, 3.8) is 0 Å². The van der Waals surface area contributed by atoms with Gasteiger partial charge in [-0.05, 0) is 37.2 Å². The Kier molecular flexibility index (Phi) is 5.92. The summed E-state index contributed by atoms with van der Waals surface area (Å²) in [5.41, 5.74) is 1.11. The molecule has 0 saturated carbocycles. The first-order valence-corrected chi connectivity index (χ1v) is 6.35. The molecule has 0 N–H and O–H groups in total. The number of rotatable bonds is 7. The lowest BCUT2D eigenvalue weighted by molar-refractivity contribution is 0.240. The zero-order valence-corrected chi connectivity index (χ0v) is 10.8. The molecule has 94 valence electrons. The van der Waals surface area contributed by atoms with Crippen LogP contribution in [0.5, 0.6) is 0 Å². The van der Waals surface area contributed by atoms with E-state index in [1.165, 1.54) is 25.0 Å². The largest absolute Gasteiger partial charge is 0.293 e. The van der Waals surface area contributed by atoms with Crippen molar-refractivity contribution in [2.24, 2.45) is 0 Å². The highest BCUT2D eigenvalue weighted by atomic mass is 19.1. The Morgan fingerprint density at radius 3 is 2.41 bits per heavy atom. The van der Waals surface area contributed by atoms with E-state index in [2.05, 4.69) is 25.3 Å². The third-order valence-corrected chi connectivity index (χ3v) is 3.03. The predicted molar refractivity (Wildman–Crippen MR) is 71.5 cm³/mol. The molecule has 0 spiro atoms. The van der Waals surface area contributed by atoms with E-state index in [0.29, 0.717) is 0 Å². The summed E-state index contributed by atoms with van der Waals surface area (Å²) < 4.78 is 12.9. The van der Waals surface area contributed by atoms with Crippen LogP contribution in [0.25, 0.3) is 0 Å². The fourth-order valence-corrected chi connectivity index (χ4v) is 2.01. The van der Waals surface area contributed by atoms with Crippen LogP contribution >= 0.6 is 0 Å². The number of nitrogens with zero attached hydrogens (tertiary/aromatic N) is 1. The van der Waals surface area contributed by atoms with Crippen LogP contribution in [0.15, 0.2) is 36.9 Å². The summed E-state index contributed by atoms with van der Waals surface area (Å²) in [5, 5.41) is 0. The Bertz CT molecular complexity index is 331. The van der Waals surface area contributed by atoms with Gasteiger partial charge in [-0.3, -0.25) is 4.90 Å². The predicted octanol–water partition coefficient (Wildman–Crippen LogP) is 4.17. The Morgan fingerprint density at radius 1 is 1.29 bits per heavy atom. The van der Waals surface area contributed by atoms with Crippen LogP contribution in [0.2, 0.25) is 0 Å². The standard InChI is InChI=1S/C15H22FN/c1-4-7-12-17(6-3)15(5-2)13-8-10-14(16)11-9-13/h5,8-11,15H,2,4,6-7,12H2,1,3H3. The van der Waals surface area contributed by atoms with Gasteiger partial charge in [0.25, 0.3) is 0 Å². The number of hydrogen-bond acceptors (Lipinski definition) is 1. The van der Waals surface area contributed by atoms with E-state index in [1.807, 2.05) is 18.2 Å². The number of benzene rings is 1. The second kappa shape index (κ2) is 7.23. The summed E-state index contributed by atoms with van der Waals surface area (Å²) >= 11 is 0. The molecule has 1 aromatic rings. The first-order valence-electron chi connectivity index (χ1n) is 6.35. The first kappa shape index (κ1) is 13.9. The second-order valence-corrected chi connectivity index (χ2v) is 4.21. The van der Waals surface area contributed by atoms with Gasteiger partial charge in [0.2, 0.25) is 0 Å². The number of hydrogen-bond donors (Lipinski definition) is 0. The highest BCUT2D eigenvalue weighted by Crippen LogP contribution is 2.22. The molecule has 0 amide bonds. The number of halogens is 1. The number of likely N-dealkylation sites (N-methyl/N-ethyl adjacent to an activating group) is 1. The van der Waals surface area contributed by atoms with Gasteiger partial charge in [-0.1, -0.05) is 38.5 Å². The molecular weight excluding hydrogens is 213 g/mol. The van der Waals surface area contributed by atoms with E-state index in [9.17, 15) is 4.39 Å². The smallest absolute Gasteiger partial charge is 0.123 e. The maximum atomic E-state index is 12.9. The Hall–Kier alpha value is -1.15. The van der Waals surface area contributed by atoms with E-state index < -0.39 is 0 Å². The van der Waals surface area contributed by atoms with Crippen molar-refractivity contribution < 1.29 is 4.39 Å². The van der Waals surface area contributed by atoms with Crippen LogP contribution in [0.4, 0.5) is 4.39 Å². The lowest BCUT2D eigenvalue weighted by atomic mass is 10.0. The van der Waals surface area contributed by atoms with Crippen LogP contribution in [0, 0.1) is 5.82 Å². The van der Waals surface area contributed by atoms with Gasteiger partial charge < -0.3 is 0 Å². The maximum absolute atomic E-state index is 12.9. The van der Waals surface area contributed by atoms with Crippen molar-refractivity contribution in [1.29, 1.82) is 0 Å². The zero-order chi connectivity index (χ0) is 12.7. The van der Waals surface area contributed by atoms with Gasteiger partial charge >= 0.3 is 0 Å². The summed E-state index contributed by atoms with van der Waals surface area (Å²) in [7, 11) is 0. The van der Waals surface area contributed by atoms with Crippen LogP contribution in [-0.2, 0) is 0 Å². The molecule has 1 atom stereocenters. The van der Waals surface area contributed by atoms with Crippen molar-refractivity contribution in [2.75, 3.05) is 13.1 Å². The number of unbranched alkanes of at least 4 members (excludes halogenated alkanes) is 1. The summed E-state index contributed by atoms with van der Waals surface area (Å²) in [6, 6.07) is 6.90. The molecular formula is C15H22FN.